The number of hydrogen-bond acceptors (Lipinski definition) is 2. The first-order valence-electron chi connectivity index (χ1n) is 6.41. The topological polar surface area (TPSA) is 23.5 Å². The smallest absolute Gasteiger partial charge is 0.163 e. The van der Waals surface area contributed by atoms with Crippen LogP contribution >= 0.6 is 0 Å². The number of hydrogen-bond donors (Lipinski definition) is 1. The van der Waals surface area contributed by atoms with E-state index >= 15 is 0 Å². The zero-order chi connectivity index (χ0) is 13.1. The standard InChI is InChI=1S/C14H19F2NO/c1-10(18)11-5-3-7-17(8-11)9-12-4-2-6-13(15)14(12)16/h2,4,6,10-11,18H,3,5,7-9H2,1H3. The zero-order valence-electron chi connectivity index (χ0n) is 10.6. The normalized spacial score (nSPS) is 23.0. The Morgan fingerprint density at radius 1 is 1.44 bits per heavy atom. The van der Waals surface area contributed by atoms with Gasteiger partial charge in [0.2, 0.25) is 0 Å². The minimum atomic E-state index is -0.795. The molecule has 1 aromatic rings. The van der Waals surface area contributed by atoms with E-state index in [2.05, 4.69) is 4.90 Å². The van der Waals surface area contributed by atoms with Gasteiger partial charge in [-0.15, -0.1) is 0 Å². The molecule has 1 fully saturated rings. The second-order valence-corrected chi connectivity index (χ2v) is 5.09. The lowest BCUT2D eigenvalue weighted by Crippen LogP contribution is -2.39. The molecule has 0 bridgehead atoms. The van der Waals surface area contributed by atoms with Gasteiger partial charge in [0.05, 0.1) is 6.10 Å². The third kappa shape index (κ3) is 3.06. The maximum Gasteiger partial charge on any atom is 0.163 e. The third-order valence-electron chi connectivity index (χ3n) is 3.65. The molecule has 0 aliphatic carbocycles. The van der Waals surface area contributed by atoms with Crippen LogP contribution in [0.15, 0.2) is 18.2 Å². The molecule has 4 heteroatoms. The van der Waals surface area contributed by atoms with Gasteiger partial charge in [-0.05, 0) is 38.3 Å². The number of aliphatic hydroxyl groups is 1. The highest BCUT2D eigenvalue weighted by atomic mass is 19.2. The van der Waals surface area contributed by atoms with Crippen molar-refractivity contribution in [2.75, 3.05) is 13.1 Å². The van der Waals surface area contributed by atoms with Crippen molar-refractivity contribution in [1.29, 1.82) is 0 Å². The van der Waals surface area contributed by atoms with E-state index in [4.69, 9.17) is 0 Å². The Morgan fingerprint density at radius 3 is 2.94 bits per heavy atom. The van der Waals surface area contributed by atoms with Gasteiger partial charge in [0.25, 0.3) is 0 Å². The second-order valence-electron chi connectivity index (χ2n) is 5.09. The fourth-order valence-electron chi connectivity index (χ4n) is 2.54. The van der Waals surface area contributed by atoms with Crippen LogP contribution in [0.3, 0.4) is 0 Å². The van der Waals surface area contributed by atoms with Crippen LogP contribution in [0.5, 0.6) is 0 Å². The lowest BCUT2D eigenvalue weighted by atomic mass is 9.93. The molecule has 0 radical (unpaired) electrons. The van der Waals surface area contributed by atoms with E-state index in [-0.39, 0.29) is 12.0 Å². The highest BCUT2D eigenvalue weighted by molar-refractivity contribution is 5.18. The van der Waals surface area contributed by atoms with E-state index in [0.29, 0.717) is 12.1 Å². The number of rotatable bonds is 3. The summed E-state index contributed by atoms with van der Waals surface area (Å²) in [5.74, 6) is -1.32. The molecule has 1 saturated heterocycles. The molecule has 2 atom stereocenters. The molecular formula is C14H19F2NO. The molecule has 100 valence electrons. The van der Waals surface area contributed by atoms with Crippen molar-refractivity contribution < 1.29 is 13.9 Å². The predicted molar refractivity (Wildman–Crippen MR) is 66.0 cm³/mol. The summed E-state index contributed by atoms with van der Waals surface area (Å²) in [5, 5.41) is 9.60. The Balaban J connectivity index is 2.03. The Hall–Kier alpha value is -1.00. The van der Waals surface area contributed by atoms with Gasteiger partial charge in [-0.3, -0.25) is 4.90 Å². The monoisotopic (exact) mass is 255 g/mol. The van der Waals surface area contributed by atoms with Crippen molar-refractivity contribution in [2.45, 2.75) is 32.4 Å². The first kappa shape index (κ1) is 13.4. The first-order valence-corrected chi connectivity index (χ1v) is 6.41. The molecule has 0 saturated carbocycles. The molecule has 0 amide bonds. The summed E-state index contributed by atoms with van der Waals surface area (Å²) in [4.78, 5) is 2.08. The average molecular weight is 255 g/mol. The molecule has 1 aromatic carbocycles. The van der Waals surface area contributed by atoms with Crippen LogP contribution < -0.4 is 0 Å². The quantitative estimate of drug-likeness (QED) is 0.897. The molecule has 1 N–H and O–H groups in total. The Labute approximate surface area is 106 Å². The van der Waals surface area contributed by atoms with Crippen molar-refractivity contribution in [2.24, 2.45) is 5.92 Å². The summed E-state index contributed by atoms with van der Waals surface area (Å²) in [6.07, 6.45) is 1.65. The minimum Gasteiger partial charge on any atom is -0.393 e. The molecule has 1 heterocycles. The van der Waals surface area contributed by atoms with Crippen LogP contribution in [0.2, 0.25) is 0 Å². The van der Waals surface area contributed by atoms with E-state index in [9.17, 15) is 13.9 Å². The van der Waals surface area contributed by atoms with Gasteiger partial charge < -0.3 is 5.11 Å². The van der Waals surface area contributed by atoms with Gasteiger partial charge in [0.15, 0.2) is 11.6 Å². The Morgan fingerprint density at radius 2 is 2.22 bits per heavy atom. The van der Waals surface area contributed by atoms with Crippen molar-refractivity contribution in [3.8, 4) is 0 Å². The van der Waals surface area contributed by atoms with Gasteiger partial charge in [-0.2, -0.15) is 0 Å². The number of aliphatic hydroxyl groups excluding tert-OH is 1. The first-order chi connectivity index (χ1) is 8.58. The number of halogens is 2. The van der Waals surface area contributed by atoms with Crippen LogP contribution in [0.1, 0.15) is 25.3 Å². The lowest BCUT2D eigenvalue weighted by molar-refractivity contribution is 0.0594. The maximum atomic E-state index is 13.6. The summed E-state index contributed by atoms with van der Waals surface area (Å²) in [6.45, 7) is 3.82. The van der Waals surface area contributed by atoms with Crippen LogP contribution in [-0.4, -0.2) is 29.2 Å². The predicted octanol–water partition coefficient (Wildman–Crippen LogP) is 2.56. The van der Waals surface area contributed by atoms with E-state index in [1.807, 2.05) is 0 Å². The van der Waals surface area contributed by atoms with E-state index in [1.54, 1.807) is 13.0 Å². The average Bonchev–Trinajstić information content (AvgIpc) is 2.35. The number of benzene rings is 1. The lowest BCUT2D eigenvalue weighted by Gasteiger charge is -2.34. The molecule has 1 aliphatic rings. The van der Waals surface area contributed by atoms with Crippen molar-refractivity contribution in [3.05, 3.63) is 35.4 Å². The molecular weight excluding hydrogens is 236 g/mol. The highest BCUT2D eigenvalue weighted by Gasteiger charge is 2.24. The van der Waals surface area contributed by atoms with Crippen LogP contribution in [0.4, 0.5) is 8.78 Å². The van der Waals surface area contributed by atoms with Crippen molar-refractivity contribution >= 4 is 0 Å². The number of piperidine rings is 1. The summed E-state index contributed by atoms with van der Waals surface area (Å²) in [7, 11) is 0. The van der Waals surface area contributed by atoms with Crippen molar-refractivity contribution in [1.82, 2.24) is 4.90 Å². The minimum absolute atomic E-state index is 0.232. The number of nitrogens with zero attached hydrogens (tertiary/aromatic N) is 1. The SMILES string of the molecule is CC(O)C1CCCN(Cc2cccc(F)c2F)C1. The van der Waals surface area contributed by atoms with E-state index in [1.165, 1.54) is 6.07 Å². The van der Waals surface area contributed by atoms with Gasteiger partial charge in [-0.1, -0.05) is 12.1 Å². The summed E-state index contributed by atoms with van der Waals surface area (Å²) in [5.41, 5.74) is 0.390. The molecule has 2 nitrogen and oxygen atoms in total. The molecule has 1 aliphatic heterocycles. The molecule has 0 aromatic heterocycles. The largest absolute Gasteiger partial charge is 0.393 e. The van der Waals surface area contributed by atoms with Crippen LogP contribution in [-0.2, 0) is 6.54 Å². The van der Waals surface area contributed by atoms with Crippen LogP contribution in [0.25, 0.3) is 0 Å². The summed E-state index contributed by atoms with van der Waals surface area (Å²) < 4.78 is 26.7. The summed E-state index contributed by atoms with van der Waals surface area (Å²) >= 11 is 0. The summed E-state index contributed by atoms with van der Waals surface area (Å²) in [6, 6.07) is 4.28. The zero-order valence-corrected chi connectivity index (χ0v) is 10.6. The molecule has 18 heavy (non-hydrogen) atoms. The third-order valence-corrected chi connectivity index (χ3v) is 3.65. The van der Waals surface area contributed by atoms with Crippen molar-refractivity contribution in [3.63, 3.8) is 0 Å². The van der Waals surface area contributed by atoms with Gasteiger partial charge in [0.1, 0.15) is 0 Å². The van der Waals surface area contributed by atoms with E-state index in [0.717, 1.165) is 32.0 Å². The highest BCUT2D eigenvalue weighted by Crippen LogP contribution is 2.22. The molecule has 2 unspecified atom stereocenters. The fourth-order valence-corrected chi connectivity index (χ4v) is 2.54. The van der Waals surface area contributed by atoms with Gasteiger partial charge in [-0.25, -0.2) is 8.78 Å². The molecule has 2 rings (SSSR count). The van der Waals surface area contributed by atoms with E-state index < -0.39 is 11.6 Å². The van der Waals surface area contributed by atoms with Gasteiger partial charge in [0, 0.05) is 18.7 Å². The Kier molecular flexibility index (Phi) is 4.30. The fraction of sp³-hybridized carbons (Fsp3) is 0.571. The second kappa shape index (κ2) is 5.76. The Bertz CT molecular complexity index is 409. The maximum absolute atomic E-state index is 13.6. The van der Waals surface area contributed by atoms with Gasteiger partial charge >= 0.3 is 0 Å². The molecule has 0 spiro atoms. The number of likely N-dealkylation sites (tertiary alicyclic amines) is 1. The van der Waals surface area contributed by atoms with Crippen LogP contribution in [0, 0.1) is 17.6 Å².